The molecule has 0 nitrogen and oxygen atoms in total. The van der Waals surface area contributed by atoms with Gasteiger partial charge in [-0.3, -0.25) is 0 Å². The van der Waals surface area contributed by atoms with Gasteiger partial charge < -0.3 is 0 Å². The Balaban J connectivity index is 2.19. The molecule has 0 atom stereocenters. The van der Waals surface area contributed by atoms with Gasteiger partial charge in [0.25, 0.3) is 0 Å². The van der Waals surface area contributed by atoms with Crippen molar-refractivity contribution in [3.63, 3.8) is 0 Å². The standard InChI is InChI=1S/B2I3/c3-1-5-2-4/q-1. The molecule has 0 saturated carbocycles. The molecule has 0 bridgehead atoms. The quantitative estimate of drug-likeness (QED) is 0.371. The molecule has 0 aliphatic carbocycles. The molecular weight excluding hydrogens is 402 g/mol. The van der Waals surface area contributed by atoms with Gasteiger partial charge in [-0.1, -0.05) is 0 Å². The predicted octanol–water partition coefficient (Wildman–Crippen LogP) is -1.99. The second kappa shape index (κ2) is 6.32. The SMILES string of the molecule is I[B][I-][B]I. The van der Waals surface area contributed by atoms with E-state index >= 15 is 0 Å². The monoisotopic (exact) mass is 403 g/mol. The topological polar surface area (TPSA) is 0 Å². The second-order valence-electron chi connectivity index (χ2n) is 0.291. The van der Waals surface area contributed by atoms with Crippen molar-refractivity contribution in [2.45, 2.75) is 0 Å². The first kappa shape index (κ1) is 7.32. The van der Waals surface area contributed by atoms with Crippen molar-refractivity contribution in [2.75, 3.05) is 0 Å². The summed E-state index contributed by atoms with van der Waals surface area (Å²) in [5.74, 6) is 0. The molecule has 0 rings (SSSR count). The molecule has 0 heterocycles. The maximum atomic E-state index is 2.28. The molecule has 0 aromatic heterocycles. The van der Waals surface area contributed by atoms with Crippen LogP contribution in [0, 0.1) is 0 Å². The van der Waals surface area contributed by atoms with Crippen LogP contribution in [0.5, 0.6) is 0 Å². The maximum absolute atomic E-state index is 2.28. The van der Waals surface area contributed by atoms with Crippen molar-refractivity contribution in [1.29, 1.82) is 0 Å². The van der Waals surface area contributed by atoms with Gasteiger partial charge in [-0.05, 0) is 0 Å². The van der Waals surface area contributed by atoms with E-state index in [1.54, 1.807) is 0 Å². The van der Waals surface area contributed by atoms with Crippen LogP contribution in [-0.2, 0) is 0 Å². The number of hydrogen-bond donors (Lipinski definition) is 0. The van der Waals surface area contributed by atoms with Crippen molar-refractivity contribution in [3.8, 4) is 0 Å². The summed E-state index contributed by atoms with van der Waals surface area (Å²) < 4.78 is 4.39. The van der Waals surface area contributed by atoms with Crippen molar-refractivity contribution in [1.82, 2.24) is 0 Å². The van der Waals surface area contributed by atoms with Gasteiger partial charge in [0, 0.05) is 0 Å². The summed E-state index contributed by atoms with van der Waals surface area (Å²) in [6.07, 6.45) is 0. The molecule has 0 aliphatic rings. The van der Waals surface area contributed by atoms with Crippen molar-refractivity contribution in [2.24, 2.45) is 0 Å². The van der Waals surface area contributed by atoms with Gasteiger partial charge >= 0.3 is 71.5 Å². The summed E-state index contributed by atoms with van der Waals surface area (Å²) in [5.41, 5.74) is 0. The molecule has 0 saturated heterocycles. The zero-order valence-electron chi connectivity index (χ0n) is 2.29. The summed E-state index contributed by atoms with van der Waals surface area (Å²) in [6, 6.07) is 0. The summed E-state index contributed by atoms with van der Waals surface area (Å²) in [4.78, 5) is 0. The molecule has 5 heavy (non-hydrogen) atoms. The summed E-state index contributed by atoms with van der Waals surface area (Å²) >= 11 is 4.90. The zero-order chi connectivity index (χ0) is 4.12. The summed E-state index contributed by atoms with van der Waals surface area (Å²) in [5, 5.41) is 0. The first-order valence-corrected chi connectivity index (χ1v) is 5.86. The molecule has 28 valence electrons. The van der Waals surface area contributed by atoms with Gasteiger partial charge in [-0.2, -0.15) is 0 Å². The molecule has 0 amide bonds. The average Bonchev–Trinajstić information content (AvgIpc) is 1.41. The van der Waals surface area contributed by atoms with E-state index in [4.69, 9.17) is 0 Å². The molecule has 0 aromatic rings. The van der Waals surface area contributed by atoms with E-state index in [9.17, 15) is 0 Å². The van der Waals surface area contributed by atoms with Crippen LogP contribution in [0.2, 0.25) is 0 Å². The Bertz CT molecular complexity index is 12.4. The van der Waals surface area contributed by atoms with E-state index in [1.807, 2.05) is 0 Å². The molecule has 0 N–H and O–H groups in total. The van der Waals surface area contributed by atoms with Gasteiger partial charge in [0.2, 0.25) is 0 Å². The fourth-order valence-corrected chi connectivity index (χ4v) is 5.43. The van der Waals surface area contributed by atoms with Gasteiger partial charge in [0.15, 0.2) is 0 Å². The van der Waals surface area contributed by atoms with Gasteiger partial charge in [0.05, 0.1) is 0 Å². The van der Waals surface area contributed by atoms with Crippen LogP contribution < -0.4 is 20.8 Å². The van der Waals surface area contributed by atoms with Crippen molar-refractivity contribution >= 4 is 50.7 Å². The van der Waals surface area contributed by atoms with Crippen LogP contribution in [0.15, 0.2) is 0 Å². The normalized spacial score (nSPS) is 7.60. The fourth-order valence-electron chi connectivity index (χ4n) is 0.0180. The van der Waals surface area contributed by atoms with Crippen molar-refractivity contribution < 1.29 is 20.8 Å². The van der Waals surface area contributed by atoms with Crippen LogP contribution in [-0.4, -0.2) is 5.98 Å². The fraction of sp³-hybridized carbons (Fsp3) is 0. The Kier molecular flexibility index (Phi) is 9.25. The minimum atomic E-state index is 0.354. The van der Waals surface area contributed by atoms with Crippen LogP contribution in [0.1, 0.15) is 0 Å². The van der Waals surface area contributed by atoms with Gasteiger partial charge in [-0.15, -0.1) is 0 Å². The third-order valence-electron chi connectivity index (χ3n) is 0.0952. The Morgan fingerprint density at radius 2 is 1.60 bits per heavy atom. The van der Waals surface area contributed by atoms with Crippen LogP contribution in [0.3, 0.4) is 0 Å². The first-order chi connectivity index (χ1) is 2.41. The molecule has 0 aromatic carbocycles. The zero-order valence-corrected chi connectivity index (χ0v) is 8.76. The number of halogens is 3. The van der Waals surface area contributed by atoms with Crippen LogP contribution in [0.25, 0.3) is 0 Å². The molecular formula is B2I3-. The van der Waals surface area contributed by atoms with Crippen molar-refractivity contribution in [3.05, 3.63) is 0 Å². The van der Waals surface area contributed by atoms with Gasteiger partial charge in [-0.25, -0.2) is 0 Å². The molecule has 0 unspecified atom stereocenters. The van der Waals surface area contributed by atoms with E-state index < -0.39 is 0 Å². The molecule has 0 spiro atoms. The van der Waals surface area contributed by atoms with E-state index in [0.717, 1.165) is 0 Å². The minimum absolute atomic E-state index is 0.354. The third kappa shape index (κ3) is 6.32. The third-order valence-corrected chi connectivity index (χ3v) is 4.29. The van der Waals surface area contributed by atoms with E-state index in [2.05, 4.69) is 50.7 Å². The number of rotatable bonds is 2. The Morgan fingerprint density at radius 1 is 1.20 bits per heavy atom. The first-order valence-electron chi connectivity index (χ1n) is 0.873. The number of hydrogen-bond acceptors (Lipinski definition) is 0. The van der Waals surface area contributed by atoms with Gasteiger partial charge in [0.1, 0.15) is 0 Å². The molecule has 0 aliphatic heterocycles. The second-order valence-corrected chi connectivity index (χ2v) is 8.27. The van der Waals surface area contributed by atoms with Crippen LogP contribution >= 0.6 is 44.7 Å². The van der Waals surface area contributed by atoms with E-state index in [1.165, 1.54) is 0 Å². The Morgan fingerprint density at radius 3 is 1.60 bits per heavy atom. The molecule has 2 radical (unpaired) electrons. The average molecular weight is 402 g/mol. The summed E-state index contributed by atoms with van der Waals surface area (Å²) in [6.45, 7) is 0. The van der Waals surface area contributed by atoms with E-state index in [0.29, 0.717) is 20.8 Å². The Labute approximate surface area is 70.2 Å². The van der Waals surface area contributed by atoms with Crippen LogP contribution in [0.4, 0.5) is 0 Å². The molecule has 5 heteroatoms. The predicted molar refractivity (Wildman–Crippen MR) is 39.5 cm³/mol. The molecule has 0 fully saturated rings. The van der Waals surface area contributed by atoms with E-state index in [-0.39, 0.29) is 0 Å². The Hall–Kier alpha value is 2.32. The summed E-state index contributed by atoms with van der Waals surface area (Å²) in [7, 11) is 0.